The Morgan fingerprint density at radius 1 is 1.02 bits per heavy atom. The van der Waals surface area contributed by atoms with Crippen molar-refractivity contribution in [2.45, 2.75) is 36.6 Å². The molecule has 2 aromatic heterocycles. The molecule has 5 rings (SSSR count). The van der Waals surface area contributed by atoms with Crippen molar-refractivity contribution in [2.75, 3.05) is 5.73 Å². The van der Waals surface area contributed by atoms with Gasteiger partial charge in [0, 0.05) is 28.4 Å². The highest BCUT2D eigenvalue weighted by atomic mass is 35.5. The SMILES string of the molecule is Cc1ccn(-c2cc(Cl)ccc2[C@@H](Oc2cc(-c3ccc(CC(N)C(=O)O)cc3)nc(N)n2)C(F)(F)F)n1.O.O=S(=O)(O)c1ccccc1. The van der Waals surface area contributed by atoms with Gasteiger partial charge >= 0.3 is 12.1 Å². The summed E-state index contributed by atoms with van der Waals surface area (Å²) in [6.07, 6.45) is -5.65. The molecule has 0 aliphatic rings. The van der Waals surface area contributed by atoms with E-state index in [0.29, 0.717) is 16.8 Å². The van der Waals surface area contributed by atoms with Crippen molar-refractivity contribution in [3.8, 4) is 22.8 Å². The predicted octanol–water partition coefficient (Wildman–Crippen LogP) is 4.62. The molecule has 0 saturated carbocycles. The van der Waals surface area contributed by atoms with Gasteiger partial charge in [-0.15, -0.1) is 0 Å². The van der Waals surface area contributed by atoms with Crippen molar-refractivity contribution in [1.29, 1.82) is 0 Å². The molecule has 2 atom stereocenters. The highest BCUT2D eigenvalue weighted by Gasteiger charge is 2.45. The van der Waals surface area contributed by atoms with Crippen LogP contribution in [0.5, 0.6) is 5.88 Å². The zero-order valence-electron chi connectivity index (χ0n) is 25.4. The van der Waals surface area contributed by atoms with Crippen LogP contribution in [-0.2, 0) is 21.3 Å². The van der Waals surface area contributed by atoms with Crippen molar-refractivity contribution in [3.05, 3.63) is 113 Å². The number of ether oxygens (including phenoxy) is 1. The first-order valence-corrected chi connectivity index (χ1v) is 15.6. The molecule has 13 nitrogen and oxygen atoms in total. The lowest BCUT2D eigenvalue weighted by Gasteiger charge is -2.24. The number of anilines is 1. The van der Waals surface area contributed by atoms with Gasteiger partial charge in [-0.25, -0.2) is 9.67 Å². The van der Waals surface area contributed by atoms with Crippen LogP contribution in [0.25, 0.3) is 16.9 Å². The smallest absolute Gasteiger partial charge is 0.429 e. The summed E-state index contributed by atoms with van der Waals surface area (Å²) < 4.78 is 78.8. The quantitative estimate of drug-likeness (QED) is 0.153. The number of rotatable bonds is 9. The van der Waals surface area contributed by atoms with Crippen LogP contribution in [0, 0.1) is 6.92 Å². The number of hydrogen-bond acceptors (Lipinski definition) is 9. The van der Waals surface area contributed by atoms with Gasteiger partial charge in [0.2, 0.25) is 17.9 Å². The third-order valence-corrected chi connectivity index (χ3v) is 7.67. The summed E-state index contributed by atoms with van der Waals surface area (Å²) in [5.74, 6) is -1.83. The van der Waals surface area contributed by atoms with E-state index in [0.717, 1.165) is 0 Å². The summed E-state index contributed by atoms with van der Waals surface area (Å²) in [7, 11) is -4.00. The largest absolute Gasteiger partial charge is 0.480 e. The van der Waals surface area contributed by atoms with Crippen LogP contribution in [0.1, 0.15) is 22.9 Å². The first-order chi connectivity index (χ1) is 22.5. The molecule has 18 heteroatoms. The van der Waals surface area contributed by atoms with Gasteiger partial charge in [-0.05, 0) is 49.2 Å². The molecule has 0 aliphatic carbocycles. The number of aliphatic carboxylic acids is 1. The minimum Gasteiger partial charge on any atom is -0.480 e. The van der Waals surface area contributed by atoms with Crippen molar-refractivity contribution in [1.82, 2.24) is 19.7 Å². The third kappa shape index (κ3) is 10.5. The molecule has 1 unspecified atom stereocenters. The Balaban J connectivity index is 0.000000508. The number of carboxylic acid groups (broad SMARTS) is 1. The molecule has 5 aromatic rings. The predicted molar refractivity (Wildman–Crippen MR) is 174 cm³/mol. The molecular formula is C31H30ClF3N6O7S. The van der Waals surface area contributed by atoms with Crippen LogP contribution in [0.15, 0.2) is 96.0 Å². The maximum Gasteiger partial charge on any atom is 0.429 e. The molecule has 0 spiro atoms. The number of halogens is 4. The Labute approximate surface area is 283 Å². The second-order valence-corrected chi connectivity index (χ2v) is 12.1. The Bertz CT molecular complexity index is 2000. The monoisotopic (exact) mass is 722 g/mol. The van der Waals surface area contributed by atoms with E-state index in [9.17, 15) is 26.4 Å². The van der Waals surface area contributed by atoms with E-state index in [1.165, 1.54) is 47.3 Å². The van der Waals surface area contributed by atoms with Crippen LogP contribution in [0.4, 0.5) is 19.1 Å². The number of hydrogen-bond donors (Lipinski definition) is 4. The molecular weight excluding hydrogens is 693 g/mol. The van der Waals surface area contributed by atoms with E-state index in [4.69, 9.17) is 37.5 Å². The van der Waals surface area contributed by atoms with Gasteiger partial charge in [0.1, 0.15) is 6.04 Å². The molecule has 0 radical (unpaired) electrons. The number of nitrogen functional groups attached to an aromatic ring is 1. The van der Waals surface area contributed by atoms with Crippen LogP contribution in [0.2, 0.25) is 5.02 Å². The first-order valence-electron chi connectivity index (χ1n) is 13.8. The second-order valence-electron chi connectivity index (χ2n) is 10.2. The van der Waals surface area contributed by atoms with Gasteiger partial charge in [-0.3, -0.25) is 9.35 Å². The summed E-state index contributed by atoms with van der Waals surface area (Å²) in [6.45, 7) is 1.71. The normalized spacial score (nSPS) is 12.6. The summed E-state index contributed by atoms with van der Waals surface area (Å²) in [4.78, 5) is 18.9. The summed E-state index contributed by atoms with van der Waals surface area (Å²) >= 11 is 6.08. The molecule has 0 amide bonds. The van der Waals surface area contributed by atoms with Crippen LogP contribution in [-0.4, -0.2) is 61.5 Å². The number of nitrogens with two attached hydrogens (primary N) is 2. The number of nitrogens with zero attached hydrogens (tertiary/aromatic N) is 4. The van der Waals surface area contributed by atoms with Gasteiger partial charge in [-0.1, -0.05) is 60.1 Å². The Morgan fingerprint density at radius 2 is 1.67 bits per heavy atom. The summed E-state index contributed by atoms with van der Waals surface area (Å²) in [6, 6.07) is 19.7. The third-order valence-electron chi connectivity index (χ3n) is 6.56. The lowest BCUT2D eigenvalue weighted by atomic mass is 10.0. The second kappa shape index (κ2) is 15.9. The first kappa shape index (κ1) is 38.4. The zero-order chi connectivity index (χ0) is 35.2. The van der Waals surface area contributed by atoms with Crippen molar-refractivity contribution >= 4 is 33.6 Å². The highest BCUT2D eigenvalue weighted by molar-refractivity contribution is 7.85. The van der Waals surface area contributed by atoms with E-state index in [1.54, 1.807) is 55.5 Å². The number of aryl methyl sites for hydroxylation is 1. The lowest BCUT2D eigenvalue weighted by molar-refractivity contribution is -0.198. The summed E-state index contributed by atoms with van der Waals surface area (Å²) in [5, 5.41) is 13.4. The van der Waals surface area contributed by atoms with Crippen LogP contribution in [0.3, 0.4) is 0 Å². The van der Waals surface area contributed by atoms with Crippen LogP contribution < -0.4 is 16.2 Å². The van der Waals surface area contributed by atoms with Gasteiger partial charge in [0.05, 0.1) is 22.0 Å². The number of alkyl halides is 3. The highest BCUT2D eigenvalue weighted by Crippen LogP contribution is 2.40. The molecule has 0 aliphatic heterocycles. The number of carbonyl (C=O) groups is 1. The minimum atomic E-state index is -4.84. The lowest BCUT2D eigenvalue weighted by Crippen LogP contribution is -2.32. The standard InChI is InChI=1S/C25H22ClF3N6O3.C6H6O3S.H2O/c1-13-8-9-35(34-13)20-11-16(26)6-7-17(20)22(25(27,28)29)38-21-12-19(32-24(31)33-21)15-4-2-14(3-5-15)10-18(30)23(36)37;7-10(8,9)6-4-2-1-3-5-6;/h2-9,11-12,18,22H,10,30H2,1H3,(H,36,37)(H2,31,32,33);1-5H,(H,7,8,9);1H2/t18?,22-;;/m1../s1. The van der Waals surface area contributed by atoms with Gasteiger partial charge in [0.15, 0.2) is 0 Å². The molecule has 0 fully saturated rings. The number of aromatic nitrogens is 4. The molecule has 8 N–H and O–H groups in total. The van der Waals surface area contributed by atoms with Gasteiger partial charge < -0.3 is 26.8 Å². The fourth-order valence-corrected chi connectivity index (χ4v) is 4.98. The molecule has 0 bridgehead atoms. The fourth-order valence-electron chi connectivity index (χ4n) is 4.31. The van der Waals surface area contributed by atoms with Crippen LogP contribution >= 0.6 is 11.6 Å². The molecule has 260 valence electrons. The summed E-state index contributed by atoms with van der Waals surface area (Å²) in [5.41, 5.74) is 13.2. The van der Waals surface area contributed by atoms with Crippen molar-refractivity contribution in [3.63, 3.8) is 0 Å². The molecule has 3 aromatic carbocycles. The maximum atomic E-state index is 14.3. The Hall–Kier alpha value is -5.07. The van der Waals surface area contributed by atoms with Crippen molar-refractivity contribution in [2.24, 2.45) is 5.73 Å². The Morgan fingerprint density at radius 3 is 2.20 bits per heavy atom. The molecule has 2 heterocycles. The number of carboxylic acids is 1. The average Bonchev–Trinajstić information content (AvgIpc) is 3.46. The van der Waals surface area contributed by atoms with E-state index in [-0.39, 0.29) is 44.7 Å². The van der Waals surface area contributed by atoms with E-state index < -0.39 is 40.3 Å². The van der Waals surface area contributed by atoms with E-state index in [2.05, 4.69) is 15.1 Å². The van der Waals surface area contributed by atoms with E-state index >= 15 is 0 Å². The zero-order valence-corrected chi connectivity index (χ0v) is 27.0. The van der Waals surface area contributed by atoms with Gasteiger partial charge in [-0.2, -0.15) is 31.7 Å². The van der Waals surface area contributed by atoms with Crippen molar-refractivity contribution < 1.29 is 46.3 Å². The Kier molecular flexibility index (Phi) is 12.4. The maximum absolute atomic E-state index is 14.3. The van der Waals surface area contributed by atoms with Gasteiger partial charge in [0.25, 0.3) is 10.1 Å². The topological polar surface area (TPSA) is 228 Å². The fraction of sp³-hybridized carbons (Fsp3) is 0.161. The van der Waals surface area contributed by atoms with E-state index in [1.807, 2.05) is 0 Å². The molecule has 49 heavy (non-hydrogen) atoms. The molecule has 0 saturated heterocycles. The number of benzene rings is 3. The minimum absolute atomic E-state index is 0. The average molecular weight is 723 g/mol.